The van der Waals surface area contributed by atoms with Gasteiger partial charge in [0.15, 0.2) is 0 Å². The Kier molecular flexibility index (Phi) is 7.89. The number of rotatable bonds is 6. The van der Waals surface area contributed by atoms with Crippen molar-refractivity contribution in [2.75, 3.05) is 45.0 Å². The van der Waals surface area contributed by atoms with E-state index in [1.54, 1.807) is 17.7 Å². The van der Waals surface area contributed by atoms with Crippen molar-refractivity contribution in [3.8, 4) is 0 Å². The summed E-state index contributed by atoms with van der Waals surface area (Å²) < 4.78 is 0. The number of carbonyl (C=O) groups is 1. The van der Waals surface area contributed by atoms with E-state index in [1.807, 2.05) is 0 Å². The van der Waals surface area contributed by atoms with Gasteiger partial charge >= 0.3 is 0 Å². The summed E-state index contributed by atoms with van der Waals surface area (Å²) in [7, 11) is 0. The van der Waals surface area contributed by atoms with Crippen LogP contribution in [0.3, 0.4) is 0 Å². The van der Waals surface area contributed by atoms with E-state index >= 15 is 0 Å². The normalized spacial score (nSPS) is 15.1. The van der Waals surface area contributed by atoms with Gasteiger partial charge in [0.05, 0.1) is 5.75 Å². The number of thioether (sulfide) groups is 1. The molecule has 1 saturated heterocycles. The van der Waals surface area contributed by atoms with Crippen molar-refractivity contribution in [2.24, 2.45) is 0 Å². The largest absolute Gasteiger partial charge is 0.354 e. The second-order valence-corrected chi connectivity index (χ2v) is 8.04. The van der Waals surface area contributed by atoms with Gasteiger partial charge in [0, 0.05) is 49.5 Å². The summed E-state index contributed by atoms with van der Waals surface area (Å²) in [6.07, 6.45) is 1.59. The molecular formula is C16H24ClN5OS2. The highest BCUT2D eigenvalue weighted by atomic mass is 35.5. The number of piperazine rings is 1. The molecule has 1 fully saturated rings. The van der Waals surface area contributed by atoms with Gasteiger partial charge in [-0.1, -0.05) is 11.8 Å². The van der Waals surface area contributed by atoms with E-state index in [2.05, 4.69) is 39.3 Å². The van der Waals surface area contributed by atoms with E-state index in [9.17, 15) is 4.79 Å². The van der Waals surface area contributed by atoms with Gasteiger partial charge in [0.2, 0.25) is 5.91 Å². The number of halogens is 1. The smallest absolute Gasteiger partial charge is 0.230 e. The number of amides is 1. The monoisotopic (exact) mass is 401 g/mol. The molecule has 3 heterocycles. The van der Waals surface area contributed by atoms with Crippen LogP contribution in [0.15, 0.2) is 11.4 Å². The highest BCUT2D eigenvalue weighted by Gasteiger charge is 2.14. The minimum absolute atomic E-state index is 0. The third-order valence-electron chi connectivity index (χ3n) is 4.23. The fourth-order valence-electron chi connectivity index (χ4n) is 2.73. The number of hydrogen-bond acceptors (Lipinski definition) is 7. The van der Waals surface area contributed by atoms with Crippen molar-refractivity contribution in [2.45, 2.75) is 18.9 Å². The Balaban J connectivity index is 0.00000225. The van der Waals surface area contributed by atoms with E-state index in [0.29, 0.717) is 12.3 Å². The maximum atomic E-state index is 12.1. The third kappa shape index (κ3) is 5.27. The average molecular weight is 402 g/mol. The standard InChI is InChI=1S/C16H23N5OS2.ClH/c1-11-12(2)24-16-14(11)15(19-10-20-16)23-9-13(22)18-5-8-21-6-3-17-4-7-21;/h10,17H,3-9H2,1-2H3,(H,18,22);1H. The molecule has 1 amide bonds. The van der Waals surface area contributed by atoms with Crippen LogP contribution in [-0.2, 0) is 4.79 Å². The zero-order chi connectivity index (χ0) is 16.9. The molecule has 2 aromatic rings. The van der Waals surface area contributed by atoms with E-state index in [4.69, 9.17) is 0 Å². The summed E-state index contributed by atoms with van der Waals surface area (Å²) in [6.45, 7) is 9.99. The summed E-state index contributed by atoms with van der Waals surface area (Å²) >= 11 is 3.17. The maximum absolute atomic E-state index is 12.1. The zero-order valence-corrected chi connectivity index (χ0v) is 17.0. The first kappa shape index (κ1) is 20.4. The van der Waals surface area contributed by atoms with Crippen molar-refractivity contribution in [1.29, 1.82) is 0 Å². The van der Waals surface area contributed by atoms with Gasteiger partial charge in [-0.05, 0) is 19.4 Å². The summed E-state index contributed by atoms with van der Waals surface area (Å²) in [6, 6.07) is 0. The van der Waals surface area contributed by atoms with Crippen molar-refractivity contribution in [1.82, 2.24) is 25.5 Å². The molecule has 0 unspecified atom stereocenters. The molecule has 2 aromatic heterocycles. The Morgan fingerprint density at radius 2 is 2.12 bits per heavy atom. The molecular weight excluding hydrogens is 378 g/mol. The fraction of sp³-hybridized carbons (Fsp3) is 0.562. The number of aromatic nitrogens is 2. The molecule has 0 aliphatic carbocycles. The summed E-state index contributed by atoms with van der Waals surface area (Å²) in [5.74, 6) is 0.452. The van der Waals surface area contributed by atoms with E-state index in [-0.39, 0.29) is 18.3 Å². The van der Waals surface area contributed by atoms with Gasteiger partial charge in [-0.15, -0.1) is 23.7 Å². The van der Waals surface area contributed by atoms with Gasteiger partial charge in [-0.2, -0.15) is 0 Å². The fourth-order valence-corrected chi connectivity index (χ4v) is 4.68. The lowest BCUT2D eigenvalue weighted by Gasteiger charge is -2.27. The van der Waals surface area contributed by atoms with E-state index in [0.717, 1.165) is 48.0 Å². The molecule has 1 aliphatic heterocycles. The molecule has 9 heteroatoms. The predicted molar refractivity (Wildman–Crippen MR) is 107 cm³/mol. The summed E-state index contributed by atoms with van der Waals surface area (Å²) in [5, 5.41) is 8.33. The number of nitrogens with zero attached hydrogens (tertiary/aromatic N) is 3. The lowest BCUT2D eigenvalue weighted by atomic mass is 10.2. The highest BCUT2D eigenvalue weighted by molar-refractivity contribution is 8.00. The van der Waals surface area contributed by atoms with Crippen LogP contribution >= 0.6 is 35.5 Å². The van der Waals surface area contributed by atoms with Gasteiger partial charge in [-0.3, -0.25) is 9.69 Å². The second-order valence-electron chi connectivity index (χ2n) is 5.87. The maximum Gasteiger partial charge on any atom is 0.230 e. The molecule has 2 N–H and O–H groups in total. The Labute approximate surface area is 162 Å². The Morgan fingerprint density at radius 3 is 2.88 bits per heavy atom. The molecule has 6 nitrogen and oxygen atoms in total. The minimum atomic E-state index is 0. The predicted octanol–water partition coefficient (Wildman–Crippen LogP) is 1.84. The van der Waals surface area contributed by atoms with Crippen molar-refractivity contribution < 1.29 is 4.79 Å². The number of carbonyl (C=O) groups excluding carboxylic acids is 1. The van der Waals surface area contributed by atoms with Crippen LogP contribution in [0.4, 0.5) is 0 Å². The van der Waals surface area contributed by atoms with Gasteiger partial charge in [-0.25, -0.2) is 9.97 Å². The summed E-state index contributed by atoms with van der Waals surface area (Å²) in [4.78, 5) is 25.4. The molecule has 138 valence electrons. The van der Waals surface area contributed by atoms with Crippen molar-refractivity contribution in [3.63, 3.8) is 0 Å². The number of fused-ring (bicyclic) bond motifs is 1. The van der Waals surface area contributed by atoms with Gasteiger partial charge in [0.25, 0.3) is 0 Å². The molecule has 0 bridgehead atoms. The van der Waals surface area contributed by atoms with Gasteiger partial charge in [0.1, 0.15) is 16.2 Å². The first-order chi connectivity index (χ1) is 11.6. The van der Waals surface area contributed by atoms with Crippen LogP contribution in [0.5, 0.6) is 0 Å². The van der Waals surface area contributed by atoms with E-state index in [1.165, 1.54) is 22.2 Å². The Hall–Kier alpha value is -0.930. The quantitative estimate of drug-likeness (QED) is 0.568. The zero-order valence-electron chi connectivity index (χ0n) is 14.5. The first-order valence-corrected chi connectivity index (χ1v) is 9.98. The van der Waals surface area contributed by atoms with Crippen LogP contribution in [0.2, 0.25) is 0 Å². The molecule has 0 radical (unpaired) electrons. The van der Waals surface area contributed by atoms with Gasteiger partial charge < -0.3 is 10.6 Å². The molecule has 25 heavy (non-hydrogen) atoms. The number of thiophene rings is 1. The van der Waals surface area contributed by atoms with Crippen molar-refractivity contribution >= 4 is 51.6 Å². The lowest BCUT2D eigenvalue weighted by molar-refractivity contribution is -0.118. The lowest BCUT2D eigenvalue weighted by Crippen LogP contribution is -2.46. The topological polar surface area (TPSA) is 70.2 Å². The molecule has 3 rings (SSSR count). The third-order valence-corrected chi connectivity index (χ3v) is 6.34. The van der Waals surface area contributed by atoms with Crippen LogP contribution in [0.1, 0.15) is 10.4 Å². The van der Waals surface area contributed by atoms with Crippen LogP contribution in [0, 0.1) is 13.8 Å². The molecule has 1 aliphatic rings. The molecule has 0 aromatic carbocycles. The molecule has 0 atom stereocenters. The highest BCUT2D eigenvalue weighted by Crippen LogP contribution is 2.34. The second kappa shape index (κ2) is 9.68. The van der Waals surface area contributed by atoms with Crippen LogP contribution < -0.4 is 10.6 Å². The molecule has 0 saturated carbocycles. The number of hydrogen-bond donors (Lipinski definition) is 2. The average Bonchev–Trinajstić information content (AvgIpc) is 2.89. The van der Waals surface area contributed by atoms with Crippen molar-refractivity contribution in [3.05, 3.63) is 16.8 Å². The van der Waals surface area contributed by atoms with Crippen LogP contribution in [-0.4, -0.2) is 65.8 Å². The van der Waals surface area contributed by atoms with Crippen LogP contribution in [0.25, 0.3) is 10.2 Å². The molecule has 0 spiro atoms. The number of nitrogens with one attached hydrogen (secondary N) is 2. The van der Waals surface area contributed by atoms with E-state index < -0.39 is 0 Å². The Morgan fingerprint density at radius 1 is 1.36 bits per heavy atom. The first-order valence-electron chi connectivity index (χ1n) is 8.18. The Bertz CT molecular complexity index is 718. The minimum Gasteiger partial charge on any atom is -0.354 e. The summed E-state index contributed by atoms with van der Waals surface area (Å²) in [5.41, 5.74) is 1.22. The SMILES string of the molecule is Cc1sc2ncnc(SCC(=O)NCCN3CCNCC3)c2c1C.Cl. The number of aryl methyl sites for hydroxylation is 2.